The van der Waals surface area contributed by atoms with Gasteiger partial charge in [0, 0.05) is 5.75 Å². The Balaban J connectivity index is 2.95. The molecule has 0 radical (unpaired) electrons. The zero-order chi connectivity index (χ0) is 7.82. The fraction of sp³-hybridized carbons (Fsp3) is 0.857. The van der Waals surface area contributed by atoms with Crippen molar-refractivity contribution in [2.24, 2.45) is 0 Å². The summed E-state index contributed by atoms with van der Waals surface area (Å²) in [5.74, 6) is 0.772. The third kappa shape index (κ3) is 6.11. The van der Waals surface area contributed by atoms with Crippen molar-refractivity contribution < 1.29 is 9.53 Å². The quantitative estimate of drug-likeness (QED) is 0.439. The molecule has 0 aromatic rings. The number of thioether (sulfide) groups is 1. The molecule has 1 unspecified atom stereocenters. The van der Waals surface area contributed by atoms with Crippen LogP contribution < -0.4 is 0 Å². The molecule has 1 atom stereocenters. The van der Waals surface area contributed by atoms with Crippen molar-refractivity contribution in [2.75, 3.05) is 12.4 Å². The van der Waals surface area contributed by atoms with Crippen LogP contribution in [-0.4, -0.2) is 24.1 Å². The maximum Gasteiger partial charge on any atom is 0.176 e. The summed E-state index contributed by atoms with van der Waals surface area (Å²) >= 11 is 1.26. The van der Waals surface area contributed by atoms with E-state index in [-0.39, 0.29) is 0 Å². The Kier molecular flexibility index (Phi) is 7.08. The van der Waals surface area contributed by atoms with Crippen molar-refractivity contribution in [3.05, 3.63) is 0 Å². The highest BCUT2D eigenvalue weighted by molar-refractivity contribution is 8.11. The Morgan fingerprint density at radius 3 is 2.90 bits per heavy atom. The number of hydrogen-bond donors (Lipinski definition) is 0. The van der Waals surface area contributed by atoms with E-state index in [0.717, 1.165) is 17.8 Å². The first-order chi connectivity index (χ1) is 4.81. The SMILES string of the molecule is CCC(C)OCCSC=O. The molecule has 0 heterocycles. The highest BCUT2D eigenvalue weighted by Crippen LogP contribution is 1.98. The summed E-state index contributed by atoms with van der Waals surface area (Å²) < 4.78 is 5.31. The van der Waals surface area contributed by atoms with E-state index in [1.165, 1.54) is 11.8 Å². The summed E-state index contributed by atoms with van der Waals surface area (Å²) in [4.78, 5) is 9.83. The van der Waals surface area contributed by atoms with Crippen LogP contribution in [0.25, 0.3) is 0 Å². The molecule has 0 aliphatic rings. The summed E-state index contributed by atoms with van der Waals surface area (Å²) in [6.45, 7) is 4.79. The van der Waals surface area contributed by atoms with Crippen LogP contribution in [0.5, 0.6) is 0 Å². The molecule has 0 N–H and O–H groups in total. The number of carbonyl (C=O) groups excluding carboxylic acids is 1. The van der Waals surface area contributed by atoms with Crippen LogP contribution in [0.1, 0.15) is 20.3 Å². The molecule has 0 bridgehead atoms. The molecule has 0 saturated carbocycles. The summed E-state index contributed by atoms with van der Waals surface area (Å²) in [7, 11) is 0. The molecule has 0 aromatic heterocycles. The topological polar surface area (TPSA) is 26.3 Å². The maximum atomic E-state index is 9.83. The molecular formula is C7H14O2S. The molecule has 0 spiro atoms. The molecule has 60 valence electrons. The van der Waals surface area contributed by atoms with Crippen molar-refractivity contribution in [2.45, 2.75) is 26.4 Å². The number of ether oxygens (including phenoxy) is 1. The van der Waals surface area contributed by atoms with E-state index in [4.69, 9.17) is 4.74 Å². The molecular weight excluding hydrogens is 148 g/mol. The second kappa shape index (κ2) is 7.09. The first-order valence-corrected chi connectivity index (χ1v) is 4.53. The molecule has 0 rings (SSSR count). The van der Waals surface area contributed by atoms with Crippen molar-refractivity contribution >= 4 is 17.4 Å². The van der Waals surface area contributed by atoms with E-state index in [1.54, 1.807) is 0 Å². The zero-order valence-corrected chi connectivity index (χ0v) is 7.32. The third-order valence-corrected chi connectivity index (χ3v) is 1.78. The van der Waals surface area contributed by atoms with E-state index in [2.05, 4.69) is 6.92 Å². The van der Waals surface area contributed by atoms with Crippen LogP contribution >= 0.6 is 11.8 Å². The lowest BCUT2D eigenvalue weighted by molar-refractivity contribution is 0.0760. The molecule has 3 heteroatoms. The van der Waals surface area contributed by atoms with Crippen LogP contribution in [0, 0.1) is 0 Å². The van der Waals surface area contributed by atoms with Gasteiger partial charge in [-0.15, -0.1) is 0 Å². The Morgan fingerprint density at radius 2 is 2.40 bits per heavy atom. The lowest BCUT2D eigenvalue weighted by atomic mass is 10.3. The smallest absolute Gasteiger partial charge is 0.176 e. The largest absolute Gasteiger partial charge is 0.378 e. The van der Waals surface area contributed by atoms with Crippen molar-refractivity contribution in [3.8, 4) is 0 Å². The molecule has 0 aliphatic carbocycles. The van der Waals surface area contributed by atoms with E-state index in [9.17, 15) is 4.79 Å². The Labute approximate surface area is 66.3 Å². The van der Waals surface area contributed by atoms with Crippen molar-refractivity contribution in [3.63, 3.8) is 0 Å². The maximum absolute atomic E-state index is 9.83. The van der Waals surface area contributed by atoms with Gasteiger partial charge in [0.15, 0.2) is 5.62 Å². The van der Waals surface area contributed by atoms with Gasteiger partial charge >= 0.3 is 0 Å². The molecule has 10 heavy (non-hydrogen) atoms. The Bertz CT molecular complexity index is 85.7. The molecule has 0 saturated heterocycles. The van der Waals surface area contributed by atoms with Crippen molar-refractivity contribution in [1.29, 1.82) is 0 Å². The Hall–Kier alpha value is -0.0200. The van der Waals surface area contributed by atoms with Crippen LogP contribution in [0.2, 0.25) is 0 Å². The van der Waals surface area contributed by atoms with Gasteiger partial charge in [0.25, 0.3) is 0 Å². The van der Waals surface area contributed by atoms with Crippen LogP contribution in [0.15, 0.2) is 0 Å². The lowest BCUT2D eigenvalue weighted by Crippen LogP contribution is -2.08. The minimum Gasteiger partial charge on any atom is -0.378 e. The number of carbonyl (C=O) groups is 1. The van der Waals surface area contributed by atoms with E-state index < -0.39 is 0 Å². The van der Waals surface area contributed by atoms with Gasteiger partial charge in [0.05, 0.1) is 12.7 Å². The average molecular weight is 162 g/mol. The monoisotopic (exact) mass is 162 g/mol. The van der Waals surface area contributed by atoms with Gasteiger partial charge < -0.3 is 4.74 Å². The third-order valence-electron chi connectivity index (χ3n) is 1.25. The average Bonchev–Trinajstić information content (AvgIpc) is 1.98. The second-order valence-corrected chi connectivity index (χ2v) is 2.99. The molecule has 0 aromatic carbocycles. The van der Waals surface area contributed by atoms with Crippen LogP contribution in [0.4, 0.5) is 0 Å². The van der Waals surface area contributed by atoms with E-state index in [1.807, 2.05) is 6.92 Å². The summed E-state index contributed by atoms with van der Waals surface area (Å²) in [6, 6.07) is 0. The van der Waals surface area contributed by atoms with Gasteiger partial charge in [0.1, 0.15) is 0 Å². The fourth-order valence-electron chi connectivity index (χ4n) is 0.463. The van der Waals surface area contributed by atoms with Crippen molar-refractivity contribution in [1.82, 2.24) is 0 Å². The second-order valence-electron chi connectivity index (χ2n) is 2.06. The molecule has 0 fully saturated rings. The van der Waals surface area contributed by atoms with Gasteiger partial charge in [-0.05, 0) is 13.3 Å². The van der Waals surface area contributed by atoms with Gasteiger partial charge in [-0.2, -0.15) is 0 Å². The van der Waals surface area contributed by atoms with Crippen LogP contribution in [-0.2, 0) is 9.53 Å². The number of hydrogen-bond acceptors (Lipinski definition) is 3. The lowest BCUT2D eigenvalue weighted by Gasteiger charge is -2.08. The fourth-order valence-corrected chi connectivity index (χ4v) is 0.752. The summed E-state index contributed by atoms with van der Waals surface area (Å²) in [5.41, 5.74) is 0.847. The minimum absolute atomic E-state index is 0.326. The standard InChI is InChI=1S/C7H14O2S/c1-3-7(2)9-4-5-10-6-8/h6-7H,3-5H2,1-2H3. The highest BCUT2D eigenvalue weighted by atomic mass is 32.2. The predicted octanol–water partition coefficient (Wildman–Crippen LogP) is 1.72. The minimum atomic E-state index is 0.326. The summed E-state index contributed by atoms with van der Waals surface area (Å²) in [5, 5.41) is 0. The highest BCUT2D eigenvalue weighted by Gasteiger charge is 1.96. The van der Waals surface area contributed by atoms with E-state index >= 15 is 0 Å². The first-order valence-electron chi connectivity index (χ1n) is 3.48. The molecule has 2 nitrogen and oxygen atoms in total. The normalized spacial score (nSPS) is 13.0. The van der Waals surface area contributed by atoms with Gasteiger partial charge in [-0.25, -0.2) is 0 Å². The Morgan fingerprint density at radius 1 is 1.70 bits per heavy atom. The number of rotatable bonds is 6. The zero-order valence-electron chi connectivity index (χ0n) is 6.50. The first kappa shape index (κ1) is 9.98. The summed E-state index contributed by atoms with van der Waals surface area (Å²) in [6.07, 6.45) is 1.36. The van der Waals surface area contributed by atoms with Gasteiger partial charge in [-0.3, -0.25) is 4.79 Å². The van der Waals surface area contributed by atoms with Gasteiger partial charge in [-0.1, -0.05) is 18.7 Å². The molecule has 0 amide bonds. The predicted molar refractivity (Wildman–Crippen MR) is 44.9 cm³/mol. The van der Waals surface area contributed by atoms with E-state index in [0.29, 0.717) is 12.7 Å². The van der Waals surface area contributed by atoms with Crippen LogP contribution in [0.3, 0.4) is 0 Å². The molecule has 0 aliphatic heterocycles. The van der Waals surface area contributed by atoms with Gasteiger partial charge in [0.2, 0.25) is 0 Å².